The summed E-state index contributed by atoms with van der Waals surface area (Å²) in [5.41, 5.74) is 5.66. The minimum atomic E-state index is 0.0383. The summed E-state index contributed by atoms with van der Waals surface area (Å²) in [4.78, 5) is 14.0. The number of carbonyl (C=O) groups is 1. The molecular formula is C13H26N2O. The Balaban J connectivity index is 2.38. The molecule has 1 amide bonds. The van der Waals surface area contributed by atoms with Gasteiger partial charge in [-0.15, -0.1) is 0 Å². The number of carbonyl (C=O) groups excluding carboxylic acids is 1. The molecular weight excluding hydrogens is 200 g/mol. The van der Waals surface area contributed by atoms with Gasteiger partial charge in [-0.2, -0.15) is 0 Å². The normalized spacial score (nSPS) is 18.7. The number of nitrogens with two attached hydrogens (primary N) is 1. The molecule has 0 aliphatic heterocycles. The fourth-order valence-corrected chi connectivity index (χ4v) is 2.67. The lowest BCUT2D eigenvalue weighted by Crippen LogP contribution is -2.38. The molecule has 1 fully saturated rings. The molecule has 1 saturated carbocycles. The molecule has 1 aliphatic carbocycles. The fourth-order valence-electron chi connectivity index (χ4n) is 2.67. The van der Waals surface area contributed by atoms with Crippen LogP contribution < -0.4 is 5.73 Å². The van der Waals surface area contributed by atoms with Crippen LogP contribution >= 0.6 is 0 Å². The van der Waals surface area contributed by atoms with E-state index in [-0.39, 0.29) is 11.8 Å². The largest absolute Gasteiger partial charge is 0.345 e. The maximum atomic E-state index is 12.1. The second kappa shape index (κ2) is 6.89. The van der Waals surface area contributed by atoms with Gasteiger partial charge in [-0.3, -0.25) is 4.79 Å². The average Bonchev–Trinajstić information content (AvgIpc) is 2.77. The topological polar surface area (TPSA) is 46.3 Å². The van der Waals surface area contributed by atoms with Crippen molar-refractivity contribution in [2.45, 2.75) is 45.4 Å². The van der Waals surface area contributed by atoms with Crippen molar-refractivity contribution >= 4 is 5.91 Å². The van der Waals surface area contributed by atoms with Gasteiger partial charge in [0.1, 0.15) is 0 Å². The van der Waals surface area contributed by atoms with Gasteiger partial charge in [-0.25, -0.2) is 0 Å². The van der Waals surface area contributed by atoms with Crippen molar-refractivity contribution in [3.05, 3.63) is 0 Å². The van der Waals surface area contributed by atoms with Crippen molar-refractivity contribution in [1.82, 2.24) is 4.90 Å². The molecule has 0 aromatic rings. The van der Waals surface area contributed by atoms with Crippen molar-refractivity contribution in [2.24, 2.45) is 17.6 Å². The van der Waals surface area contributed by atoms with Crippen molar-refractivity contribution in [3.63, 3.8) is 0 Å². The van der Waals surface area contributed by atoms with Crippen LogP contribution in [-0.2, 0) is 4.79 Å². The lowest BCUT2D eigenvalue weighted by atomic mass is 10.0. The lowest BCUT2D eigenvalue weighted by Gasteiger charge is -2.25. The van der Waals surface area contributed by atoms with Crippen molar-refractivity contribution in [1.29, 1.82) is 0 Å². The van der Waals surface area contributed by atoms with Gasteiger partial charge in [0.15, 0.2) is 0 Å². The third-order valence-corrected chi connectivity index (χ3v) is 3.65. The highest BCUT2D eigenvalue weighted by Crippen LogP contribution is 2.25. The molecule has 3 nitrogen and oxygen atoms in total. The lowest BCUT2D eigenvalue weighted by molar-refractivity contribution is -0.134. The quantitative estimate of drug-likeness (QED) is 0.753. The first kappa shape index (κ1) is 13.5. The van der Waals surface area contributed by atoms with E-state index in [1.165, 1.54) is 25.7 Å². The first-order valence-corrected chi connectivity index (χ1v) is 6.64. The van der Waals surface area contributed by atoms with Gasteiger partial charge < -0.3 is 10.6 Å². The van der Waals surface area contributed by atoms with Gasteiger partial charge in [0.2, 0.25) is 5.91 Å². The standard InChI is InChI=1S/C13H26N2O/c1-3-6-12(9-14)13(16)15(2)10-11-7-4-5-8-11/h11-12H,3-10,14H2,1-2H3. The summed E-state index contributed by atoms with van der Waals surface area (Å²) in [5.74, 6) is 1.02. The van der Waals surface area contributed by atoms with Crippen LogP contribution in [0.3, 0.4) is 0 Å². The summed E-state index contributed by atoms with van der Waals surface area (Å²) >= 11 is 0. The predicted molar refractivity (Wildman–Crippen MR) is 67.0 cm³/mol. The molecule has 1 unspecified atom stereocenters. The third-order valence-electron chi connectivity index (χ3n) is 3.65. The van der Waals surface area contributed by atoms with Crippen LogP contribution in [0.15, 0.2) is 0 Å². The Hall–Kier alpha value is -0.570. The van der Waals surface area contributed by atoms with Gasteiger partial charge >= 0.3 is 0 Å². The molecule has 0 aromatic heterocycles. The Morgan fingerprint density at radius 1 is 1.44 bits per heavy atom. The highest BCUT2D eigenvalue weighted by atomic mass is 16.2. The monoisotopic (exact) mass is 226 g/mol. The number of amides is 1. The van der Waals surface area contributed by atoms with E-state index in [2.05, 4.69) is 6.92 Å². The molecule has 94 valence electrons. The summed E-state index contributed by atoms with van der Waals surface area (Å²) in [5, 5.41) is 0. The van der Waals surface area contributed by atoms with E-state index in [4.69, 9.17) is 5.73 Å². The molecule has 0 bridgehead atoms. The van der Waals surface area contributed by atoms with Gasteiger partial charge in [0.25, 0.3) is 0 Å². The number of hydrogen-bond acceptors (Lipinski definition) is 2. The Morgan fingerprint density at radius 3 is 2.56 bits per heavy atom. The van der Waals surface area contributed by atoms with Crippen LogP contribution in [0.5, 0.6) is 0 Å². The maximum Gasteiger partial charge on any atom is 0.226 e. The predicted octanol–water partition coefficient (Wildman–Crippen LogP) is 2.01. The van der Waals surface area contributed by atoms with E-state index >= 15 is 0 Å². The molecule has 1 atom stereocenters. The molecule has 0 aromatic carbocycles. The number of nitrogens with zero attached hydrogens (tertiary/aromatic N) is 1. The van der Waals surface area contributed by atoms with E-state index in [1.54, 1.807) is 0 Å². The third kappa shape index (κ3) is 3.78. The molecule has 0 saturated heterocycles. The molecule has 1 aliphatic rings. The van der Waals surface area contributed by atoms with Gasteiger partial charge in [0, 0.05) is 20.1 Å². The molecule has 1 rings (SSSR count). The first-order valence-electron chi connectivity index (χ1n) is 6.64. The SMILES string of the molecule is CCCC(CN)C(=O)N(C)CC1CCCC1. The zero-order valence-electron chi connectivity index (χ0n) is 10.7. The minimum absolute atomic E-state index is 0.0383. The van der Waals surface area contributed by atoms with Crippen LogP contribution in [0.2, 0.25) is 0 Å². The fraction of sp³-hybridized carbons (Fsp3) is 0.923. The van der Waals surface area contributed by atoms with Crippen LogP contribution in [0, 0.1) is 11.8 Å². The van der Waals surface area contributed by atoms with E-state index in [9.17, 15) is 4.79 Å². The van der Waals surface area contributed by atoms with Crippen LogP contribution in [0.1, 0.15) is 45.4 Å². The highest BCUT2D eigenvalue weighted by Gasteiger charge is 2.23. The smallest absolute Gasteiger partial charge is 0.226 e. The molecule has 0 spiro atoms. The van der Waals surface area contributed by atoms with E-state index in [0.717, 1.165) is 25.3 Å². The summed E-state index contributed by atoms with van der Waals surface area (Å²) in [6.45, 7) is 3.52. The first-order chi connectivity index (χ1) is 7.69. The minimum Gasteiger partial charge on any atom is -0.345 e. The summed E-state index contributed by atoms with van der Waals surface area (Å²) < 4.78 is 0. The summed E-state index contributed by atoms with van der Waals surface area (Å²) in [7, 11) is 1.93. The second-order valence-electron chi connectivity index (χ2n) is 5.09. The van der Waals surface area contributed by atoms with Crippen LogP contribution in [0.25, 0.3) is 0 Å². The van der Waals surface area contributed by atoms with Gasteiger partial charge in [-0.1, -0.05) is 26.2 Å². The number of hydrogen-bond donors (Lipinski definition) is 1. The van der Waals surface area contributed by atoms with Gasteiger partial charge in [0.05, 0.1) is 5.92 Å². The maximum absolute atomic E-state index is 12.1. The molecule has 16 heavy (non-hydrogen) atoms. The van der Waals surface area contributed by atoms with Crippen molar-refractivity contribution in [2.75, 3.05) is 20.1 Å². The van der Waals surface area contributed by atoms with E-state index in [1.807, 2.05) is 11.9 Å². The Kier molecular flexibility index (Phi) is 5.81. The Labute approximate surface area is 99.4 Å². The number of rotatable bonds is 6. The zero-order chi connectivity index (χ0) is 12.0. The van der Waals surface area contributed by atoms with Crippen LogP contribution in [0.4, 0.5) is 0 Å². The summed E-state index contributed by atoms with van der Waals surface area (Å²) in [6, 6.07) is 0. The zero-order valence-corrected chi connectivity index (χ0v) is 10.7. The van der Waals surface area contributed by atoms with E-state index < -0.39 is 0 Å². The summed E-state index contributed by atoms with van der Waals surface area (Å²) in [6.07, 6.45) is 7.20. The molecule has 3 heteroatoms. The Bertz CT molecular complexity index is 212. The molecule has 0 radical (unpaired) electrons. The van der Waals surface area contributed by atoms with Crippen LogP contribution in [-0.4, -0.2) is 30.9 Å². The van der Waals surface area contributed by atoms with Crippen molar-refractivity contribution < 1.29 is 4.79 Å². The Morgan fingerprint density at radius 2 is 2.06 bits per heavy atom. The van der Waals surface area contributed by atoms with Crippen molar-refractivity contribution in [3.8, 4) is 0 Å². The average molecular weight is 226 g/mol. The molecule has 0 heterocycles. The molecule has 2 N–H and O–H groups in total. The second-order valence-corrected chi connectivity index (χ2v) is 5.09. The van der Waals surface area contributed by atoms with E-state index in [0.29, 0.717) is 6.54 Å². The highest BCUT2D eigenvalue weighted by molar-refractivity contribution is 5.78. The van der Waals surface area contributed by atoms with Gasteiger partial charge in [-0.05, 0) is 25.2 Å².